The van der Waals surface area contributed by atoms with E-state index in [0.29, 0.717) is 39.0 Å². The SMILES string of the molecule is Cc1cccc(C[C@@H]2NC(=O)C3(CCCC3)NC(=O)C(C)(C)NCCOc3ccccc3/C=C/CNC2=O)c1. The normalized spacial score (nSPS) is 22.8. The number of hydrogen-bond acceptors (Lipinski definition) is 5. The summed E-state index contributed by atoms with van der Waals surface area (Å²) in [4.78, 5) is 40.6. The zero-order valence-corrected chi connectivity index (χ0v) is 23.1. The molecule has 1 spiro atoms. The minimum Gasteiger partial charge on any atom is -0.492 e. The van der Waals surface area contributed by atoms with Crippen LogP contribution in [0.15, 0.2) is 54.6 Å². The number of rotatable bonds is 2. The molecule has 2 aromatic rings. The molecule has 2 aromatic carbocycles. The third kappa shape index (κ3) is 7.26. The molecule has 1 saturated carbocycles. The summed E-state index contributed by atoms with van der Waals surface area (Å²) in [6.07, 6.45) is 6.84. The largest absolute Gasteiger partial charge is 0.492 e. The van der Waals surface area contributed by atoms with Gasteiger partial charge in [0.05, 0.1) is 5.54 Å². The number of amides is 3. The predicted molar refractivity (Wildman–Crippen MR) is 152 cm³/mol. The molecule has 0 aromatic heterocycles. The lowest BCUT2D eigenvalue weighted by Gasteiger charge is -2.35. The quantitative estimate of drug-likeness (QED) is 0.476. The fourth-order valence-corrected chi connectivity index (χ4v) is 5.16. The standard InChI is InChI=1S/C31H40N4O4/c1-22-10-8-11-23(20-22)21-25-27(36)32-17-9-13-24-12-4-5-14-26(24)39-19-18-33-30(2,3)28(37)35-31(29(38)34-25)15-6-7-16-31/h4-5,8-14,20,25,33H,6-7,15-19,21H2,1-3H3,(H,32,36)(H,34,38)(H,35,37)/b13-9+/t25-/m0/s1. The maximum atomic E-state index is 13.8. The number of hydrogen-bond donors (Lipinski definition) is 4. The van der Waals surface area contributed by atoms with E-state index in [9.17, 15) is 14.4 Å². The van der Waals surface area contributed by atoms with Crippen LogP contribution in [0.1, 0.15) is 56.2 Å². The lowest BCUT2D eigenvalue weighted by atomic mass is 9.92. The van der Waals surface area contributed by atoms with Crippen LogP contribution in [0.2, 0.25) is 0 Å². The summed E-state index contributed by atoms with van der Waals surface area (Å²) in [7, 11) is 0. The number of nitrogens with one attached hydrogen (secondary N) is 4. The average Bonchev–Trinajstić information content (AvgIpc) is 3.38. The number of benzene rings is 2. The van der Waals surface area contributed by atoms with Gasteiger partial charge in [0, 0.05) is 25.1 Å². The highest BCUT2D eigenvalue weighted by molar-refractivity contribution is 5.97. The van der Waals surface area contributed by atoms with Crippen molar-refractivity contribution in [1.82, 2.24) is 21.3 Å². The Morgan fingerprint density at radius 3 is 2.51 bits per heavy atom. The molecule has 3 amide bonds. The molecule has 8 heteroatoms. The second kappa shape index (κ2) is 12.5. The minimum absolute atomic E-state index is 0.260. The molecule has 39 heavy (non-hydrogen) atoms. The first-order valence-electron chi connectivity index (χ1n) is 13.8. The molecule has 1 heterocycles. The Bertz CT molecular complexity index is 1220. The van der Waals surface area contributed by atoms with Crippen molar-refractivity contribution in [3.63, 3.8) is 0 Å². The molecular weight excluding hydrogens is 492 g/mol. The molecule has 1 atom stereocenters. The third-order valence-electron chi connectivity index (χ3n) is 7.49. The molecule has 0 radical (unpaired) electrons. The summed E-state index contributed by atoms with van der Waals surface area (Å²) in [6.45, 7) is 6.71. The van der Waals surface area contributed by atoms with E-state index in [1.165, 1.54) is 0 Å². The number of para-hydroxylation sites is 1. The summed E-state index contributed by atoms with van der Waals surface area (Å²) >= 11 is 0. The molecule has 4 N–H and O–H groups in total. The van der Waals surface area contributed by atoms with Crippen molar-refractivity contribution in [2.75, 3.05) is 19.7 Å². The van der Waals surface area contributed by atoms with E-state index in [1.807, 2.05) is 67.6 Å². The second-order valence-electron chi connectivity index (χ2n) is 11.0. The summed E-state index contributed by atoms with van der Waals surface area (Å²) in [5.74, 6) is -0.129. The minimum atomic E-state index is -1.05. The fraction of sp³-hybridized carbons (Fsp3) is 0.452. The van der Waals surface area contributed by atoms with Crippen LogP contribution in [0.25, 0.3) is 6.08 Å². The van der Waals surface area contributed by atoms with Gasteiger partial charge in [0.15, 0.2) is 0 Å². The van der Waals surface area contributed by atoms with E-state index in [4.69, 9.17) is 4.74 Å². The van der Waals surface area contributed by atoms with Crippen LogP contribution >= 0.6 is 0 Å². The molecular formula is C31H40N4O4. The van der Waals surface area contributed by atoms with Crippen LogP contribution in [0.3, 0.4) is 0 Å². The van der Waals surface area contributed by atoms with E-state index in [2.05, 4.69) is 21.3 Å². The van der Waals surface area contributed by atoms with Gasteiger partial charge in [0.1, 0.15) is 23.9 Å². The number of carbonyl (C=O) groups is 3. The summed E-state index contributed by atoms with van der Waals surface area (Å²) in [5.41, 5.74) is 0.939. The zero-order chi connectivity index (χ0) is 27.9. The predicted octanol–water partition coefficient (Wildman–Crippen LogP) is 3.04. The second-order valence-corrected chi connectivity index (χ2v) is 11.0. The number of ether oxygens (including phenoxy) is 1. The van der Waals surface area contributed by atoms with Crippen molar-refractivity contribution in [3.05, 3.63) is 71.3 Å². The Labute approximate surface area is 231 Å². The maximum Gasteiger partial charge on any atom is 0.246 e. The lowest BCUT2D eigenvalue weighted by Crippen LogP contribution is -2.65. The van der Waals surface area contributed by atoms with E-state index < -0.39 is 17.1 Å². The van der Waals surface area contributed by atoms with E-state index >= 15 is 0 Å². The number of fused-ring (bicyclic) bond motifs is 1. The Morgan fingerprint density at radius 2 is 1.74 bits per heavy atom. The van der Waals surface area contributed by atoms with Crippen LogP contribution in [0.5, 0.6) is 5.75 Å². The van der Waals surface area contributed by atoms with Gasteiger partial charge in [-0.3, -0.25) is 14.4 Å². The Morgan fingerprint density at radius 1 is 0.974 bits per heavy atom. The first kappa shape index (κ1) is 28.4. The van der Waals surface area contributed by atoms with Crippen LogP contribution in [0, 0.1) is 6.92 Å². The van der Waals surface area contributed by atoms with Gasteiger partial charge in [0.25, 0.3) is 0 Å². The molecule has 1 aliphatic heterocycles. The van der Waals surface area contributed by atoms with Crippen molar-refractivity contribution in [2.24, 2.45) is 0 Å². The highest BCUT2D eigenvalue weighted by Gasteiger charge is 2.45. The molecule has 2 aliphatic rings. The van der Waals surface area contributed by atoms with Crippen LogP contribution < -0.4 is 26.0 Å². The van der Waals surface area contributed by atoms with Gasteiger partial charge in [-0.05, 0) is 45.2 Å². The summed E-state index contributed by atoms with van der Waals surface area (Å²) < 4.78 is 5.99. The van der Waals surface area contributed by atoms with Crippen LogP contribution in [0.4, 0.5) is 0 Å². The first-order valence-corrected chi connectivity index (χ1v) is 13.8. The van der Waals surface area contributed by atoms with Crippen molar-refractivity contribution < 1.29 is 19.1 Å². The third-order valence-corrected chi connectivity index (χ3v) is 7.49. The van der Waals surface area contributed by atoms with Gasteiger partial charge in [0.2, 0.25) is 17.7 Å². The molecule has 208 valence electrons. The Balaban J connectivity index is 1.63. The van der Waals surface area contributed by atoms with Gasteiger partial charge >= 0.3 is 0 Å². The molecule has 0 saturated heterocycles. The Kier molecular flexibility index (Phi) is 9.07. The summed E-state index contributed by atoms with van der Waals surface area (Å²) in [5, 5.41) is 12.3. The monoisotopic (exact) mass is 532 g/mol. The van der Waals surface area contributed by atoms with E-state index in [1.54, 1.807) is 13.8 Å². The molecule has 8 nitrogen and oxygen atoms in total. The van der Waals surface area contributed by atoms with Crippen molar-refractivity contribution >= 4 is 23.8 Å². The summed E-state index contributed by atoms with van der Waals surface area (Å²) in [6, 6.07) is 14.8. The molecule has 0 bridgehead atoms. The number of aryl methyl sites for hydroxylation is 1. The van der Waals surface area contributed by atoms with Gasteiger partial charge in [-0.2, -0.15) is 0 Å². The highest BCUT2D eigenvalue weighted by atomic mass is 16.5. The van der Waals surface area contributed by atoms with Crippen LogP contribution in [-0.2, 0) is 20.8 Å². The molecule has 0 unspecified atom stereocenters. The molecule has 4 rings (SSSR count). The topological polar surface area (TPSA) is 109 Å². The average molecular weight is 533 g/mol. The molecule has 1 fully saturated rings. The smallest absolute Gasteiger partial charge is 0.246 e. The van der Waals surface area contributed by atoms with E-state index in [0.717, 1.165) is 35.3 Å². The van der Waals surface area contributed by atoms with E-state index in [-0.39, 0.29) is 17.7 Å². The fourth-order valence-electron chi connectivity index (χ4n) is 5.16. The number of carbonyl (C=O) groups excluding carboxylic acids is 3. The van der Waals surface area contributed by atoms with Gasteiger partial charge in [-0.25, -0.2) is 0 Å². The van der Waals surface area contributed by atoms with Crippen molar-refractivity contribution in [3.8, 4) is 5.75 Å². The van der Waals surface area contributed by atoms with Crippen molar-refractivity contribution in [1.29, 1.82) is 0 Å². The first-order chi connectivity index (χ1) is 18.7. The maximum absolute atomic E-state index is 13.8. The van der Waals surface area contributed by atoms with Gasteiger partial charge in [-0.15, -0.1) is 0 Å². The van der Waals surface area contributed by atoms with Crippen molar-refractivity contribution in [2.45, 2.75) is 70.0 Å². The van der Waals surface area contributed by atoms with Gasteiger partial charge < -0.3 is 26.0 Å². The van der Waals surface area contributed by atoms with Crippen LogP contribution in [-0.4, -0.2) is 54.5 Å². The zero-order valence-electron chi connectivity index (χ0n) is 23.1. The molecule has 1 aliphatic carbocycles. The van der Waals surface area contributed by atoms with Gasteiger partial charge in [-0.1, -0.05) is 73.0 Å². The Hall–Kier alpha value is -3.65. The lowest BCUT2D eigenvalue weighted by molar-refractivity contribution is -0.137. The highest BCUT2D eigenvalue weighted by Crippen LogP contribution is 2.31.